The second-order valence-electron chi connectivity index (χ2n) is 6.73. The van der Waals surface area contributed by atoms with E-state index < -0.39 is 23.9 Å². The number of carbonyl (C=O) groups excluding carboxylic acids is 4. The summed E-state index contributed by atoms with van der Waals surface area (Å²) in [6.45, 7) is 0. The number of carboxylic acids is 4. The molecule has 0 N–H and O–H groups in total. The summed E-state index contributed by atoms with van der Waals surface area (Å²) in [5.41, 5.74) is 0. The molecule has 0 unspecified atom stereocenters. The van der Waals surface area contributed by atoms with Crippen LogP contribution in [0, 0.1) is 0 Å². The summed E-state index contributed by atoms with van der Waals surface area (Å²) in [6, 6.07) is 0. The van der Waals surface area contributed by atoms with Crippen molar-refractivity contribution in [1.29, 1.82) is 0 Å². The van der Waals surface area contributed by atoms with Crippen LogP contribution in [0.2, 0.25) is 0 Å². The van der Waals surface area contributed by atoms with E-state index in [1.54, 1.807) is 0 Å². The smallest absolute Gasteiger partial charge is 0.550 e. The first-order chi connectivity index (χ1) is 13.3. The molecule has 0 radical (unpaired) electrons. The zero-order valence-corrected chi connectivity index (χ0v) is 18.6. The molecule has 0 saturated heterocycles. The largest absolute Gasteiger partial charge is 4.00 e. The van der Waals surface area contributed by atoms with Gasteiger partial charge in [0, 0.05) is 23.9 Å². The van der Waals surface area contributed by atoms with E-state index in [1.807, 2.05) is 0 Å². The van der Waals surface area contributed by atoms with Crippen LogP contribution in [0.4, 0.5) is 0 Å². The van der Waals surface area contributed by atoms with Gasteiger partial charge in [0.05, 0.1) is 0 Å². The van der Waals surface area contributed by atoms with Gasteiger partial charge in [-0.25, -0.2) is 0 Å². The SMILES string of the molecule is O=C([O-])CCCCCCCCC(=O)[O-].O=C([O-])CCCCCCCCC(=O)[O-].[Ti+4]. The monoisotopic (exact) mass is 448 g/mol. The number of hydrogen-bond acceptors (Lipinski definition) is 8. The molecule has 29 heavy (non-hydrogen) atoms. The van der Waals surface area contributed by atoms with Crippen LogP contribution in [-0.4, -0.2) is 23.9 Å². The van der Waals surface area contributed by atoms with Crippen molar-refractivity contribution in [2.75, 3.05) is 0 Å². The number of carboxylic acid groups (broad SMARTS) is 4. The Morgan fingerprint density at radius 3 is 0.621 bits per heavy atom. The van der Waals surface area contributed by atoms with Gasteiger partial charge in [-0.2, -0.15) is 0 Å². The maximum atomic E-state index is 10.0. The summed E-state index contributed by atoms with van der Waals surface area (Å²) in [6.07, 6.45) is 10.5. The Hall–Kier alpha value is -1.41. The molecule has 0 aromatic heterocycles. The van der Waals surface area contributed by atoms with Gasteiger partial charge in [-0.05, 0) is 51.4 Å². The summed E-state index contributed by atoms with van der Waals surface area (Å²) in [7, 11) is 0. The first-order valence-corrected chi connectivity index (χ1v) is 10.0. The first-order valence-electron chi connectivity index (χ1n) is 10.0. The van der Waals surface area contributed by atoms with Gasteiger partial charge in [0.25, 0.3) is 0 Å². The molecule has 0 amide bonds. The molecule has 0 saturated carbocycles. The summed E-state index contributed by atoms with van der Waals surface area (Å²) < 4.78 is 0. The van der Waals surface area contributed by atoms with Gasteiger partial charge in [-0.15, -0.1) is 0 Å². The Labute approximate surface area is 188 Å². The van der Waals surface area contributed by atoms with Crippen LogP contribution in [-0.2, 0) is 40.9 Å². The quantitative estimate of drug-likeness (QED) is 0.195. The third-order valence-electron chi connectivity index (χ3n) is 4.02. The average Bonchev–Trinajstić information content (AvgIpc) is 2.59. The molecule has 0 aromatic rings. The first kappa shape index (κ1) is 32.3. The maximum absolute atomic E-state index is 10.0. The zero-order chi connectivity index (χ0) is 21.6. The van der Waals surface area contributed by atoms with E-state index in [4.69, 9.17) is 0 Å². The third kappa shape index (κ3) is 37.9. The van der Waals surface area contributed by atoms with E-state index in [-0.39, 0.29) is 47.4 Å². The second kappa shape index (κ2) is 24.6. The number of hydrogen-bond donors (Lipinski definition) is 0. The molecule has 0 aliphatic rings. The normalized spacial score (nSPS) is 9.66. The van der Waals surface area contributed by atoms with Crippen molar-refractivity contribution in [2.24, 2.45) is 0 Å². The Morgan fingerprint density at radius 1 is 0.345 bits per heavy atom. The minimum absolute atomic E-state index is 0. The van der Waals surface area contributed by atoms with E-state index in [0.717, 1.165) is 51.4 Å². The topological polar surface area (TPSA) is 161 Å². The van der Waals surface area contributed by atoms with Crippen molar-refractivity contribution in [3.8, 4) is 0 Å². The van der Waals surface area contributed by atoms with Crippen LogP contribution in [0.5, 0.6) is 0 Å². The van der Waals surface area contributed by atoms with Gasteiger partial charge < -0.3 is 39.6 Å². The van der Waals surface area contributed by atoms with Crippen molar-refractivity contribution in [3.63, 3.8) is 0 Å². The molecule has 0 atom stereocenters. The predicted molar refractivity (Wildman–Crippen MR) is 93.9 cm³/mol. The van der Waals surface area contributed by atoms with E-state index >= 15 is 0 Å². The molecule has 0 aliphatic carbocycles. The van der Waals surface area contributed by atoms with E-state index in [9.17, 15) is 39.6 Å². The fraction of sp³-hybridized carbons (Fsp3) is 0.800. The van der Waals surface area contributed by atoms with Crippen LogP contribution in [0.15, 0.2) is 0 Å². The van der Waals surface area contributed by atoms with Gasteiger partial charge in [0.15, 0.2) is 0 Å². The molecule has 9 heteroatoms. The molecule has 0 fully saturated rings. The fourth-order valence-electron chi connectivity index (χ4n) is 2.49. The molecular weight excluding hydrogens is 416 g/mol. The number of unbranched alkanes of at least 4 members (excludes halogenated alkanes) is 10. The minimum Gasteiger partial charge on any atom is -0.550 e. The standard InChI is InChI=1S/2C10H18O4.Ti/c2*11-9(12)7-5-3-1-2-4-6-8-10(13)14;/h2*1-8H2,(H,11,12)(H,13,14);/q;;+4/p-4. The van der Waals surface area contributed by atoms with Crippen LogP contribution >= 0.6 is 0 Å². The third-order valence-corrected chi connectivity index (χ3v) is 4.02. The Morgan fingerprint density at radius 2 is 0.483 bits per heavy atom. The molecule has 8 nitrogen and oxygen atoms in total. The molecule has 0 rings (SSSR count). The van der Waals surface area contributed by atoms with Gasteiger partial charge in [-0.3, -0.25) is 0 Å². The number of carbonyl (C=O) groups is 4. The van der Waals surface area contributed by atoms with Gasteiger partial charge in [0.2, 0.25) is 0 Å². The van der Waals surface area contributed by atoms with Gasteiger partial charge >= 0.3 is 21.7 Å². The minimum atomic E-state index is -0.998. The number of rotatable bonds is 18. The van der Waals surface area contributed by atoms with E-state index in [2.05, 4.69) is 0 Å². The number of aliphatic carboxylic acids is 4. The Bertz CT molecular complexity index is 360. The van der Waals surface area contributed by atoms with Crippen molar-refractivity contribution < 1.29 is 61.3 Å². The summed E-state index contributed by atoms with van der Waals surface area (Å²) in [5, 5.41) is 40.1. The fourth-order valence-corrected chi connectivity index (χ4v) is 2.49. The molecule has 0 spiro atoms. The van der Waals surface area contributed by atoms with Crippen molar-refractivity contribution in [3.05, 3.63) is 0 Å². The summed E-state index contributed by atoms with van der Waals surface area (Å²) in [4.78, 5) is 40.1. The summed E-state index contributed by atoms with van der Waals surface area (Å²) >= 11 is 0. The molecule has 0 aromatic carbocycles. The van der Waals surface area contributed by atoms with Crippen LogP contribution in [0.1, 0.15) is 103 Å². The Balaban J connectivity index is -0.000000451. The van der Waals surface area contributed by atoms with E-state index in [0.29, 0.717) is 25.7 Å². The van der Waals surface area contributed by atoms with Crippen LogP contribution < -0.4 is 20.4 Å². The maximum Gasteiger partial charge on any atom is 4.00 e. The molecule has 164 valence electrons. The van der Waals surface area contributed by atoms with E-state index in [1.165, 1.54) is 0 Å². The van der Waals surface area contributed by atoms with Crippen molar-refractivity contribution >= 4 is 23.9 Å². The molecule has 0 aliphatic heterocycles. The second-order valence-corrected chi connectivity index (χ2v) is 6.73. The zero-order valence-electron chi connectivity index (χ0n) is 17.1. The van der Waals surface area contributed by atoms with Gasteiger partial charge in [-0.1, -0.05) is 51.4 Å². The average molecular weight is 448 g/mol. The van der Waals surface area contributed by atoms with Crippen LogP contribution in [0.3, 0.4) is 0 Å². The van der Waals surface area contributed by atoms with Crippen molar-refractivity contribution in [1.82, 2.24) is 0 Å². The molecule has 0 bridgehead atoms. The Kier molecular flexibility index (Phi) is 27.4. The van der Waals surface area contributed by atoms with Gasteiger partial charge in [0.1, 0.15) is 0 Å². The molecule has 0 heterocycles. The predicted octanol–water partition coefficient (Wildman–Crippen LogP) is -0.788. The van der Waals surface area contributed by atoms with Crippen molar-refractivity contribution in [2.45, 2.75) is 103 Å². The summed E-state index contributed by atoms with van der Waals surface area (Å²) in [5.74, 6) is -3.99. The van der Waals surface area contributed by atoms with Crippen LogP contribution in [0.25, 0.3) is 0 Å². The molecular formula is C20H32O8Ti.